The van der Waals surface area contributed by atoms with Gasteiger partial charge in [0.25, 0.3) is 0 Å². The maximum absolute atomic E-state index is 10.9. The maximum Gasteiger partial charge on any atom is 0.239 e. The van der Waals surface area contributed by atoms with Crippen molar-refractivity contribution in [3.8, 4) is 0 Å². The van der Waals surface area contributed by atoms with E-state index < -0.39 is 0 Å². The Morgan fingerprint density at radius 1 is 1.27 bits per heavy atom. The number of hydrogen-bond donors (Lipinski definition) is 2. The Labute approximate surface area is 90.7 Å². The van der Waals surface area contributed by atoms with Gasteiger partial charge in [-0.15, -0.1) is 0 Å². The van der Waals surface area contributed by atoms with Crippen LogP contribution in [0.4, 0.5) is 5.69 Å². The van der Waals surface area contributed by atoms with Crippen molar-refractivity contribution in [2.75, 3.05) is 5.32 Å². The van der Waals surface area contributed by atoms with Gasteiger partial charge in [-0.25, -0.2) is 0 Å². The van der Waals surface area contributed by atoms with Crippen molar-refractivity contribution in [2.24, 2.45) is 5.73 Å². The lowest BCUT2D eigenvalue weighted by atomic mass is 10.0. The van der Waals surface area contributed by atoms with E-state index in [2.05, 4.69) is 25.2 Å². The van der Waals surface area contributed by atoms with Crippen LogP contribution in [0.1, 0.15) is 32.3 Å². The number of carbonyl (C=O) groups excluding carboxylic acids is 1. The van der Waals surface area contributed by atoms with Crippen molar-refractivity contribution in [1.29, 1.82) is 0 Å². The Bertz CT molecular complexity index is 347. The van der Waals surface area contributed by atoms with E-state index in [0.29, 0.717) is 5.92 Å². The summed E-state index contributed by atoms with van der Waals surface area (Å²) in [5.41, 5.74) is 7.39. The van der Waals surface area contributed by atoms with Crippen LogP contribution in [-0.2, 0) is 4.79 Å². The Balaban J connectivity index is 2.89. The van der Waals surface area contributed by atoms with E-state index in [1.807, 2.05) is 18.2 Å². The summed E-state index contributed by atoms with van der Waals surface area (Å²) in [6, 6.07) is 7.62. The first-order valence-corrected chi connectivity index (χ1v) is 5.17. The predicted molar refractivity (Wildman–Crippen MR) is 62.8 cm³/mol. The molecule has 15 heavy (non-hydrogen) atoms. The Kier molecular flexibility index (Phi) is 3.72. The smallest absolute Gasteiger partial charge is 0.239 e. The highest BCUT2D eigenvalue weighted by Gasteiger charge is 2.11. The number of rotatable bonds is 4. The molecule has 1 atom stereocenters. The largest absolute Gasteiger partial charge is 0.374 e. The standard InChI is InChI=1S/C12H18N2O/c1-8(2)10-6-4-5-7-11(10)14-9(3)12(13)15/h4-9,14H,1-3H3,(H2,13,15)/t9-/m0/s1. The zero-order valence-corrected chi connectivity index (χ0v) is 9.45. The lowest BCUT2D eigenvalue weighted by Crippen LogP contribution is -2.32. The molecule has 82 valence electrons. The van der Waals surface area contributed by atoms with Gasteiger partial charge >= 0.3 is 0 Å². The van der Waals surface area contributed by atoms with Gasteiger partial charge in [-0.3, -0.25) is 4.79 Å². The summed E-state index contributed by atoms with van der Waals surface area (Å²) in [6.45, 7) is 6.00. The normalized spacial score (nSPS) is 12.5. The molecule has 0 aliphatic rings. The third kappa shape index (κ3) is 2.98. The first kappa shape index (κ1) is 11.6. The molecule has 1 aromatic carbocycles. The van der Waals surface area contributed by atoms with Gasteiger partial charge in [-0.1, -0.05) is 32.0 Å². The number of anilines is 1. The molecular weight excluding hydrogens is 188 g/mol. The molecule has 1 amide bonds. The minimum Gasteiger partial charge on any atom is -0.374 e. The zero-order chi connectivity index (χ0) is 11.4. The molecule has 0 heterocycles. The molecule has 0 fully saturated rings. The van der Waals surface area contributed by atoms with E-state index in [-0.39, 0.29) is 11.9 Å². The summed E-state index contributed by atoms with van der Waals surface area (Å²) in [7, 11) is 0. The highest BCUT2D eigenvalue weighted by Crippen LogP contribution is 2.23. The van der Waals surface area contributed by atoms with Crippen molar-refractivity contribution in [2.45, 2.75) is 32.7 Å². The predicted octanol–water partition coefficient (Wildman–Crippen LogP) is 2.10. The molecule has 0 saturated heterocycles. The van der Waals surface area contributed by atoms with Crippen LogP contribution in [0.15, 0.2) is 24.3 Å². The molecule has 0 aromatic heterocycles. The monoisotopic (exact) mass is 206 g/mol. The van der Waals surface area contributed by atoms with E-state index in [1.54, 1.807) is 6.92 Å². The summed E-state index contributed by atoms with van der Waals surface area (Å²) >= 11 is 0. The van der Waals surface area contributed by atoms with Gasteiger partial charge in [0.2, 0.25) is 5.91 Å². The fourth-order valence-electron chi connectivity index (χ4n) is 1.44. The van der Waals surface area contributed by atoms with Crippen LogP contribution in [0.3, 0.4) is 0 Å². The molecule has 0 unspecified atom stereocenters. The molecule has 0 aliphatic heterocycles. The van der Waals surface area contributed by atoms with Crippen LogP contribution in [0, 0.1) is 0 Å². The average molecular weight is 206 g/mol. The molecule has 0 spiro atoms. The first-order chi connectivity index (χ1) is 7.02. The summed E-state index contributed by atoms with van der Waals surface area (Å²) in [5.74, 6) is 0.0855. The molecule has 0 bridgehead atoms. The number of carbonyl (C=O) groups is 1. The van der Waals surface area contributed by atoms with Crippen molar-refractivity contribution in [3.63, 3.8) is 0 Å². The van der Waals surface area contributed by atoms with E-state index in [1.165, 1.54) is 5.56 Å². The zero-order valence-electron chi connectivity index (χ0n) is 9.45. The van der Waals surface area contributed by atoms with Crippen LogP contribution in [0.2, 0.25) is 0 Å². The molecule has 3 N–H and O–H groups in total. The van der Waals surface area contributed by atoms with Crippen molar-refractivity contribution in [3.05, 3.63) is 29.8 Å². The Hall–Kier alpha value is -1.51. The molecule has 1 aromatic rings. The minimum atomic E-state index is -0.343. The summed E-state index contributed by atoms with van der Waals surface area (Å²) < 4.78 is 0. The molecule has 3 nitrogen and oxygen atoms in total. The van der Waals surface area contributed by atoms with E-state index in [4.69, 9.17) is 5.73 Å². The number of nitrogens with two attached hydrogens (primary N) is 1. The second-order valence-electron chi connectivity index (χ2n) is 4.01. The highest BCUT2D eigenvalue weighted by atomic mass is 16.1. The van der Waals surface area contributed by atoms with Crippen LogP contribution < -0.4 is 11.1 Å². The molecular formula is C12H18N2O. The SMILES string of the molecule is CC(C)c1ccccc1N[C@@H](C)C(N)=O. The molecule has 1 rings (SSSR count). The van der Waals surface area contributed by atoms with Gasteiger partial charge in [0.1, 0.15) is 6.04 Å². The maximum atomic E-state index is 10.9. The number of nitrogens with one attached hydrogen (secondary N) is 1. The quantitative estimate of drug-likeness (QED) is 0.792. The first-order valence-electron chi connectivity index (χ1n) is 5.17. The average Bonchev–Trinajstić information content (AvgIpc) is 2.18. The third-order valence-electron chi connectivity index (χ3n) is 2.38. The number of primary amides is 1. The lowest BCUT2D eigenvalue weighted by molar-refractivity contribution is -0.118. The third-order valence-corrected chi connectivity index (χ3v) is 2.38. The fourth-order valence-corrected chi connectivity index (χ4v) is 1.44. The highest BCUT2D eigenvalue weighted by molar-refractivity contribution is 5.82. The number of hydrogen-bond acceptors (Lipinski definition) is 2. The topological polar surface area (TPSA) is 55.1 Å². The number of para-hydroxylation sites is 1. The Morgan fingerprint density at radius 2 is 1.87 bits per heavy atom. The van der Waals surface area contributed by atoms with Crippen molar-refractivity contribution < 1.29 is 4.79 Å². The van der Waals surface area contributed by atoms with E-state index >= 15 is 0 Å². The molecule has 3 heteroatoms. The summed E-state index contributed by atoms with van der Waals surface area (Å²) in [5, 5.41) is 3.12. The van der Waals surface area contributed by atoms with Crippen LogP contribution in [0.25, 0.3) is 0 Å². The second kappa shape index (κ2) is 4.82. The van der Waals surface area contributed by atoms with Crippen molar-refractivity contribution >= 4 is 11.6 Å². The molecule has 0 radical (unpaired) electrons. The van der Waals surface area contributed by atoms with Gasteiger partial charge in [-0.05, 0) is 24.5 Å². The van der Waals surface area contributed by atoms with Gasteiger partial charge in [-0.2, -0.15) is 0 Å². The Morgan fingerprint density at radius 3 is 2.40 bits per heavy atom. The number of amides is 1. The van der Waals surface area contributed by atoms with Crippen molar-refractivity contribution in [1.82, 2.24) is 0 Å². The molecule has 0 aliphatic carbocycles. The summed E-state index contributed by atoms with van der Waals surface area (Å²) in [4.78, 5) is 10.9. The lowest BCUT2D eigenvalue weighted by Gasteiger charge is -2.17. The van der Waals surface area contributed by atoms with E-state index in [0.717, 1.165) is 5.69 Å². The van der Waals surface area contributed by atoms with Gasteiger partial charge < -0.3 is 11.1 Å². The minimum absolute atomic E-state index is 0.339. The van der Waals surface area contributed by atoms with Crippen LogP contribution in [0.5, 0.6) is 0 Å². The molecule has 0 saturated carbocycles. The second-order valence-corrected chi connectivity index (χ2v) is 4.01. The van der Waals surface area contributed by atoms with Gasteiger partial charge in [0.05, 0.1) is 0 Å². The van der Waals surface area contributed by atoms with Gasteiger partial charge in [0.15, 0.2) is 0 Å². The van der Waals surface area contributed by atoms with Gasteiger partial charge in [0, 0.05) is 5.69 Å². The van der Waals surface area contributed by atoms with E-state index in [9.17, 15) is 4.79 Å². The summed E-state index contributed by atoms with van der Waals surface area (Å²) in [6.07, 6.45) is 0. The number of benzene rings is 1. The van der Waals surface area contributed by atoms with Crippen LogP contribution in [-0.4, -0.2) is 11.9 Å². The van der Waals surface area contributed by atoms with Crippen LogP contribution >= 0.6 is 0 Å². The fraction of sp³-hybridized carbons (Fsp3) is 0.417.